The first-order valence-electron chi connectivity index (χ1n) is 47.7. The van der Waals surface area contributed by atoms with Crippen molar-refractivity contribution in [2.45, 2.75) is 413 Å². The number of hydrogen-bond acceptors (Lipinski definition) is 66. The topological polar surface area (TPSA) is 1080 Å². The van der Waals surface area contributed by atoms with Crippen LogP contribution in [0.1, 0.15) is 13.8 Å². The maximum atomic E-state index is 13.2. The van der Waals surface area contributed by atoms with E-state index < -0.39 is 497 Å². The first-order chi connectivity index (χ1) is 71.1. The summed E-state index contributed by atoms with van der Waals surface area (Å²) in [6.07, 6.45) is -143. The highest BCUT2D eigenvalue weighted by Crippen LogP contribution is 2.44. The summed E-state index contributed by atoms with van der Waals surface area (Å²) >= 11 is 0. The molecule has 0 aliphatic carbocycles. The average molecular weight is 2210 g/mol. The van der Waals surface area contributed by atoms with Crippen molar-refractivity contribution in [1.82, 2.24) is 10.6 Å². The third kappa shape index (κ3) is 26.2. The molecule has 0 bridgehead atoms. The molecule has 0 aromatic carbocycles. The summed E-state index contributed by atoms with van der Waals surface area (Å²) in [5.74, 6) is -1.87. The zero-order chi connectivity index (χ0) is 110. The summed E-state index contributed by atoms with van der Waals surface area (Å²) in [4.78, 5) is 25.5. The summed E-state index contributed by atoms with van der Waals surface area (Å²) in [5, 5.41) is 443. The van der Waals surface area contributed by atoms with Crippen LogP contribution in [-0.4, -0.2) is 696 Å². The van der Waals surface area contributed by atoms with Crippen LogP contribution in [0, 0.1) is 0 Å². The van der Waals surface area contributed by atoms with Crippen LogP contribution in [0.4, 0.5) is 0 Å². The molecular formula is C82H138N2O66. The molecule has 0 aromatic heterocycles. The first-order valence-corrected chi connectivity index (χ1v) is 47.7. The molecule has 41 N–H and O–H groups in total. The average Bonchev–Trinajstić information content (AvgIpc) is 0.763. The first kappa shape index (κ1) is 123. The van der Waals surface area contributed by atoms with Gasteiger partial charge in [-0.2, -0.15) is 0 Å². The van der Waals surface area contributed by atoms with Crippen molar-refractivity contribution in [3.8, 4) is 0 Å². The summed E-state index contributed by atoms with van der Waals surface area (Å²) in [5.41, 5.74) is 0. The lowest BCUT2D eigenvalue weighted by molar-refractivity contribution is -0.413. The third-order valence-electron chi connectivity index (χ3n) is 28.0. The fraction of sp³-hybridized carbons (Fsp3) is 0.976. The van der Waals surface area contributed by atoms with Gasteiger partial charge >= 0.3 is 0 Å². The molecule has 68 heteroatoms. The highest BCUT2D eigenvalue weighted by atomic mass is 16.8. The molecule has 872 valence electrons. The van der Waals surface area contributed by atoms with Gasteiger partial charge in [-0.15, -0.1) is 0 Å². The van der Waals surface area contributed by atoms with Gasteiger partial charge in [0, 0.05) is 13.8 Å². The van der Waals surface area contributed by atoms with Crippen molar-refractivity contribution >= 4 is 11.8 Å². The Hall–Kier alpha value is -3.62. The fourth-order valence-corrected chi connectivity index (χ4v) is 19.4. The summed E-state index contributed by atoms with van der Waals surface area (Å²) in [7, 11) is 0. The molecule has 13 saturated heterocycles. The lowest BCUT2D eigenvalue weighted by Gasteiger charge is -2.51. The van der Waals surface area contributed by atoms with E-state index in [0.717, 1.165) is 13.8 Å². The Morgan fingerprint density at radius 1 is 0.173 bits per heavy atom. The Labute approximate surface area is 845 Å². The number of carbonyl (C=O) groups is 2. The Balaban J connectivity index is 0.819. The number of aliphatic hydroxyl groups excluding tert-OH is 39. The maximum absolute atomic E-state index is 13.2. The van der Waals surface area contributed by atoms with Gasteiger partial charge in [0.2, 0.25) is 11.8 Å². The zero-order valence-electron chi connectivity index (χ0n) is 79.2. The van der Waals surface area contributed by atoms with Crippen LogP contribution in [-0.2, 0) is 128 Å². The molecule has 0 unspecified atom stereocenters. The third-order valence-corrected chi connectivity index (χ3v) is 28.0. The van der Waals surface area contributed by atoms with E-state index in [9.17, 15) is 209 Å². The molecule has 13 rings (SSSR count). The quantitative estimate of drug-likeness (QED) is 0.0272. The second-order valence-electron chi connectivity index (χ2n) is 38.0. The SMILES string of the molecule is CC(=O)N[C@@H]1[C@@H](O)[C@H](O[C@@H]2O[C@H](CO)[C@@H](O[C@@H]3O[C@H](CO[C@H]4O[C@H](CO[C@H]5O[C@H](CO)[C@@H](O)[C@H](O)[C@@H]5O)[C@@H](O)[C@H](O[C@H]5O[C@H](CO)[C@@H](O)[C@@H](O)[C@@H]5O[C@H]5O[C@H](CO)[C@@H](O)[C@H](O)[C@@H]5O)[C@@H]4O)[C@@H](O)[C@H](O[C@H]4O[C@H](CO)[C@@H](O)[C@H](O)[C@@H]4O[C@H]4O[C@H](CO)[C@@H](O)[C@H](O)[C@@H]4O[C@H]4O[C@H](CO)[C@@H](O)[C@H](O[C@H]5O[C@H](CO)[C@@H](O)[C@H](O[C@H]6O[C@H](CO)[C@@H](O)[C@H](O)[C@H]6O[C@H]6O[C@H](CO)[C@@H](O)[C@H](O)[C@H]6O)[C@H]5O)[C@@H]4O)[C@@H]3O)[C@H](O)[C@H]2NC(C)=O)[C@@H](CO)O[C@H]1O. The number of aliphatic hydroxyl groups is 39. The summed E-state index contributed by atoms with van der Waals surface area (Å²) < 4.78 is 147. The lowest BCUT2D eigenvalue weighted by atomic mass is 9.94. The van der Waals surface area contributed by atoms with Gasteiger partial charge in [0.25, 0.3) is 0 Å². The molecule has 0 aromatic rings. The number of amides is 2. The van der Waals surface area contributed by atoms with E-state index in [4.69, 9.17) is 118 Å². The highest BCUT2D eigenvalue weighted by Gasteiger charge is 2.65. The summed E-state index contributed by atoms with van der Waals surface area (Å²) in [6, 6.07) is -3.79. The van der Waals surface area contributed by atoms with Gasteiger partial charge < -0.3 is 328 Å². The molecule has 65 atom stereocenters. The van der Waals surface area contributed by atoms with Gasteiger partial charge in [0.15, 0.2) is 81.8 Å². The number of hydrogen-bond donors (Lipinski definition) is 41. The standard InChI is InChI=1S/C82H138N2O66/c1-16(96)83-31-44(109)60(27(12-94)128-70(31)125)141-71-32(84-17(2)97)45(110)61(28(13-95)138-71)142-78-59(124)65(43(108)30(140-78)15-127-73-56(121)64(42(107)29(139-73)14-126-72-53(118)46(111)33(98)18(3-85)129-72)145-80-67(50(115)37(102)22(7-89)135-80)148-75-55(120)48(113)35(100)20(5-87)131-75)146-81-69(52(117)39(104)23(8-90)136-81)150-82-68(51(116)38(103)24(9-91)137-82)149-77-57(122)62(40(105)25(10-92)133-77)143-76-58(123)63(41(106)26(11-93)132-76)144-79-66(49(114)36(101)21(6-88)134-79)147-74-54(119)47(112)34(99)19(4-86)130-74/h18-82,85-95,98-125H,3-15H2,1-2H3,(H,83,96)(H,84,97)/t18-,19-,20-,21-,22-,23-,24-,25-,26-,27-,28-,29-,30-,31-,32-,33-,34-,35-,36-,37-,38-,39-,40-,41-,42-,43-,44-,45-,46+,47+,48+,49+,50-,51+,52+,53+,54-,55+,56+,57+,58-,59+,60-,61-,62+,63+,64+,65+,66-,67+,68+,69+,70-,71+,72+,73+,74-,75-,76-,77-,78+,79-,80-,81-,82-/m1/s1. The van der Waals surface area contributed by atoms with Crippen molar-refractivity contribution in [3.05, 3.63) is 0 Å². The number of ether oxygens (including phenoxy) is 25. The van der Waals surface area contributed by atoms with Crippen LogP contribution in [0.5, 0.6) is 0 Å². The minimum absolute atomic E-state index is 0.847. The zero-order valence-corrected chi connectivity index (χ0v) is 79.2. The molecule has 68 nitrogen and oxygen atoms in total. The second-order valence-corrected chi connectivity index (χ2v) is 38.0. The van der Waals surface area contributed by atoms with E-state index >= 15 is 0 Å². The van der Waals surface area contributed by atoms with Crippen LogP contribution in [0.3, 0.4) is 0 Å². The number of rotatable bonds is 39. The van der Waals surface area contributed by atoms with Crippen LogP contribution in [0.2, 0.25) is 0 Å². The van der Waals surface area contributed by atoms with E-state index in [1.807, 2.05) is 0 Å². The Kier molecular flexibility index (Phi) is 44.2. The smallest absolute Gasteiger partial charge is 0.217 e. The van der Waals surface area contributed by atoms with Crippen molar-refractivity contribution in [3.63, 3.8) is 0 Å². The molecular weight excluding hydrogens is 2070 g/mol. The Bertz CT molecular complexity index is 4070. The Morgan fingerprint density at radius 2 is 0.360 bits per heavy atom. The minimum Gasteiger partial charge on any atom is -0.394 e. The molecule has 13 aliphatic rings. The predicted octanol–water partition coefficient (Wildman–Crippen LogP) is -29.0. The van der Waals surface area contributed by atoms with Gasteiger partial charge in [0.05, 0.1) is 85.9 Å². The number of carbonyl (C=O) groups excluding carboxylic acids is 2. The van der Waals surface area contributed by atoms with Crippen LogP contribution in [0.25, 0.3) is 0 Å². The van der Waals surface area contributed by atoms with E-state index in [0.29, 0.717) is 0 Å². The van der Waals surface area contributed by atoms with Crippen molar-refractivity contribution in [1.29, 1.82) is 0 Å². The lowest BCUT2D eigenvalue weighted by Crippen LogP contribution is -2.70. The molecule has 13 aliphatic heterocycles. The van der Waals surface area contributed by atoms with Crippen molar-refractivity contribution in [2.24, 2.45) is 0 Å². The second kappa shape index (κ2) is 53.8. The largest absolute Gasteiger partial charge is 0.394 e. The van der Waals surface area contributed by atoms with Gasteiger partial charge in [-0.3, -0.25) is 9.59 Å². The number of nitrogens with one attached hydrogen (secondary N) is 2. The molecule has 13 heterocycles. The van der Waals surface area contributed by atoms with Gasteiger partial charge in [-0.1, -0.05) is 0 Å². The Morgan fingerprint density at radius 3 is 0.667 bits per heavy atom. The minimum atomic E-state index is -2.77. The van der Waals surface area contributed by atoms with E-state index in [1.165, 1.54) is 0 Å². The molecule has 0 radical (unpaired) electrons. The van der Waals surface area contributed by atoms with Gasteiger partial charge in [-0.25, -0.2) is 0 Å². The monoisotopic (exact) mass is 2210 g/mol. The molecule has 150 heavy (non-hydrogen) atoms. The van der Waals surface area contributed by atoms with Crippen LogP contribution in [0.15, 0.2) is 0 Å². The predicted molar refractivity (Wildman–Crippen MR) is 451 cm³/mol. The van der Waals surface area contributed by atoms with Crippen molar-refractivity contribution < 1.29 is 327 Å². The normalized spacial score (nSPS) is 52.1. The van der Waals surface area contributed by atoms with E-state index in [2.05, 4.69) is 10.6 Å². The molecule has 0 spiro atoms. The van der Waals surface area contributed by atoms with E-state index in [1.54, 1.807) is 0 Å². The van der Waals surface area contributed by atoms with E-state index in [-0.39, 0.29) is 0 Å². The van der Waals surface area contributed by atoms with Crippen LogP contribution >= 0.6 is 0 Å². The molecule has 2 amide bonds. The highest BCUT2D eigenvalue weighted by molar-refractivity contribution is 5.73. The summed E-state index contributed by atoms with van der Waals surface area (Å²) in [6.45, 7) is -13.7. The molecule has 13 fully saturated rings. The van der Waals surface area contributed by atoms with Crippen LogP contribution < -0.4 is 10.6 Å². The van der Waals surface area contributed by atoms with Gasteiger partial charge in [-0.05, 0) is 0 Å². The fourth-order valence-electron chi connectivity index (χ4n) is 19.4. The van der Waals surface area contributed by atoms with Crippen molar-refractivity contribution in [2.75, 3.05) is 85.9 Å². The van der Waals surface area contributed by atoms with Gasteiger partial charge in [0.1, 0.15) is 317 Å². The maximum Gasteiger partial charge on any atom is 0.217 e. The molecule has 0 saturated carbocycles.